The molecule has 1 aromatic heterocycles. The molecular formula is C13H19NO3. The van der Waals surface area contributed by atoms with Crippen LogP contribution in [-0.2, 0) is 10.2 Å². The Morgan fingerprint density at radius 3 is 2.65 bits per heavy atom. The van der Waals surface area contributed by atoms with Crippen molar-refractivity contribution in [1.29, 1.82) is 0 Å². The molecule has 0 aliphatic carbocycles. The summed E-state index contributed by atoms with van der Waals surface area (Å²) in [6, 6.07) is 5.44. The third-order valence-corrected chi connectivity index (χ3v) is 2.37. The molecule has 0 amide bonds. The van der Waals surface area contributed by atoms with Gasteiger partial charge in [0, 0.05) is 11.5 Å². The maximum atomic E-state index is 10.8. The van der Waals surface area contributed by atoms with Crippen LogP contribution in [0, 0.1) is 0 Å². The number of ether oxygens (including phenoxy) is 1. The zero-order valence-electron chi connectivity index (χ0n) is 10.7. The van der Waals surface area contributed by atoms with E-state index in [-0.39, 0.29) is 12.5 Å². The molecule has 0 saturated heterocycles. The molecule has 0 aliphatic heterocycles. The van der Waals surface area contributed by atoms with Crippen molar-refractivity contribution in [3.63, 3.8) is 0 Å². The van der Waals surface area contributed by atoms with Crippen molar-refractivity contribution >= 4 is 5.97 Å². The Balaban J connectivity index is 2.94. The van der Waals surface area contributed by atoms with Gasteiger partial charge in [0.1, 0.15) is 0 Å². The topological polar surface area (TPSA) is 59.4 Å². The van der Waals surface area contributed by atoms with Crippen molar-refractivity contribution < 1.29 is 14.6 Å². The molecule has 0 aliphatic rings. The Hall–Kier alpha value is -1.58. The summed E-state index contributed by atoms with van der Waals surface area (Å²) in [4.78, 5) is 15.1. The Labute approximate surface area is 102 Å². The first kappa shape index (κ1) is 13.5. The monoisotopic (exact) mass is 237 g/mol. The summed E-state index contributed by atoms with van der Waals surface area (Å²) in [7, 11) is 0. The highest BCUT2D eigenvalue weighted by atomic mass is 16.5. The highest BCUT2D eigenvalue weighted by Gasteiger charge is 2.26. The number of nitrogens with zero attached hydrogens (tertiary/aromatic N) is 1. The lowest BCUT2D eigenvalue weighted by Crippen LogP contribution is -2.23. The first-order valence-electron chi connectivity index (χ1n) is 5.67. The summed E-state index contributed by atoms with van der Waals surface area (Å²) < 4.78 is 5.50. The molecule has 0 atom stereocenters. The zero-order valence-corrected chi connectivity index (χ0v) is 10.7. The summed E-state index contributed by atoms with van der Waals surface area (Å²) in [5.74, 6) is -0.289. The van der Waals surface area contributed by atoms with Crippen molar-refractivity contribution in [1.82, 2.24) is 4.98 Å². The number of pyridine rings is 1. The van der Waals surface area contributed by atoms with E-state index in [2.05, 4.69) is 4.98 Å². The van der Waals surface area contributed by atoms with E-state index in [9.17, 15) is 4.79 Å². The van der Waals surface area contributed by atoms with Gasteiger partial charge in [-0.25, -0.2) is 4.98 Å². The molecule has 0 bridgehead atoms. The number of rotatable bonds is 5. The molecule has 0 saturated carbocycles. The summed E-state index contributed by atoms with van der Waals surface area (Å²) in [5, 5.41) is 8.87. The Morgan fingerprint density at radius 2 is 2.12 bits per heavy atom. The van der Waals surface area contributed by atoms with Crippen LogP contribution in [0.25, 0.3) is 0 Å². The maximum absolute atomic E-state index is 10.8. The van der Waals surface area contributed by atoms with E-state index in [0.29, 0.717) is 5.88 Å². The molecule has 1 aromatic rings. The number of aliphatic carboxylic acids is 1. The van der Waals surface area contributed by atoms with Gasteiger partial charge in [0.25, 0.3) is 0 Å². The molecule has 0 spiro atoms. The van der Waals surface area contributed by atoms with Gasteiger partial charge in [0.05, 0.1) is 18.2 Å². The van der Waals surface area contributed by atoms with Crippen molar-refractivity contribution in [3.8, 4) is 5.88 Å². The number of aromatic nitrogens is 1. The van der Waals surface area contributed by atoms with Gasteiger partial charge in [-0.15, -0.1) is 0 Å². The molecule has 0 fully saturated rings. The number of carboxylic acids is 1. The van der Waals surface area contributed by atoms with Gasteiger partial charge in [0.15, 0.2) is 0 Å². The van der Waals surface area contributed by atoms with Gasteiger partial charge in [-0.1, -0.05) is 19.9 Å². The summed E-state index contributed by atoms with van der Waals surface area (Å²) in [5.41, 5.74) is 0.236. The number of hydrogen-bond acceptors (Lipinski definition) is 3. The van der Waals surface area contributed by atoms with Crippen molar-refractivity contribution in [2.45, 2.75) is 45.6 Å². The maximum Gasteiger partial charge on any atom is 0.304 e. The first-order valence-corrected chi connectivity index (χ1v) is 5.67. The fourth-order valence-corrected chi connectivity index (χ4v) is 1.57. The van der Waals surface area contributed by atoms with Gasteiger partial charge >= 0.3 is 5.97 Å². The van der Waals surface area contributed by atoms with Crippen molar-refractivity contribution in [2.75, 3.05) is 0 Å². The molecule has 17 heavy (non-hydrogen) atoms. The standard InChI is InChI=1S/C13H19NO3/c1-9(2)17-11-7-5-6-10(14-11)13(3,4)8-12(15)16/h5-7,9H,8H2,1-4H3,(H,15,16). The van der Waals surface area contributed by atoms with Gasteiger partial charge in [-0.05, 0) is 19.9 Å². The highest BCUT2D eigenvalue weighted by molar-refractivity contribution is 5.68. The lowest BCUT2D eigenvalue weighted by molar-refractivity contribution is -0.138. The molecule has 0 radical (unpaired) electrons. The van der Waals surface area contributed by atoms with Crippen molar-refractivity contribution in [3.05, 3.63) is 23.9 Å². The molecule has 1 N–H and O–H groups in total. The average molecular weight is 237 g/mol. The smallest absolute Gasteiger partial charge is 0.304 e. The van der Waals surface area contributed by atoms with E-state index in [1.54, 1.807) is 6.07 Å². The van der Waals surface area contributed by atoms with Crippen LogP contribution in [0.5, 0.6) is 5.88 Å². The minimum absolute atomic E-state index is 0.0468. The number of hydrogen-bond donors (Lipinski definition) is 1. The predicted octanol–water partition coefficient (Wildman–Crippen LogP) is 2.62. The number of carboxylic acid groups (broad SMARTS) is 1. The van der Waals surface area contributed by atoms with Gasteiger partial charge < -0.3 is 9.84 Å². The fraction of sp³-hybridized carbons (Fsp3) is 0.538. The predicted molar refractivity (Wildman–Crippen MR) is 65.3 cm³/mol. The number of carbonyl (C=O) groups is 1. The van der Waals surface area contributed by atoms with Crippen molar-refractivity contribution in [2.24, 2.45) is 0 Å². The molecule has 1 rings (SSSR count). The second kappa shape index (κ2) is 5.17. The SMILES string of the molecule is CC(C)Oc1cccc(C(C)(C)CC(=O)O)n1. The Kier molecular flexibility index (Phi) is 4.10. The molecule has 0 unspecified atom stereocenters. The van der Waals surface area contributed by atoms with E-state index in [4.69, 9.17) is 9.84 Å². The molecule has 94 valence electrons. The third-order valence-electron chi connectivity index (χ3n) is 2.37. The average Bonchev–Trinajstić information content (AvgIpc) is 2.15. The van der Waals surface area contributed by atoms with Crippen LogP contribution in [0.15, 0.2) is 18.2 Å². The first-order chi connectivity index (χ1) is 7.81. The minimum atomic E-state index is -0.827. The van der Waals surface area contributed by atoms with Crippen LogP contribution < -0.4 is 4.74 Å². The molecule has 4 nitrogen and oxygen atoms in total. The summed E-state index contributed by atoms with van der Waals surface area (Å²) in [6.07, 6.45) is 0.103. The lowest BCUT2D eigenvalue weighted by Gasteiger charge is -2.22. The zero-order chi connectivity index (χ0) is 13.1. The summed E-state index contributed by atoms with van der Waals surface area (Å²) >= 11 is 0. The highest BCUT2D eigenvalue weighted by Crippen LogP contribution is 2.26. The van der Waals surface area contributed by atoms with E-state index >= 15 is 0 Å². The molecular weight excluding hydrogens is 218 g/mol. The quantitative estimate of drug-likeness (QED) is 0.855. The second-order valence-electron chi connectivity index (χ2n) is 4.98. The van der Waals surface area contributed by atoms with Crippen LogP contribution in [0.3, 0.4) is 0 Å². The lowest BCUT2D eigenvalue weighted by atomic mass is 9.85. The molecule has 0 aromatic carbocycles. The van der Waals surface area contributed by atoms with E-state index < -0.39 is 11.4 Å². The Bertz CT molecular complexity index is 399. The molecule has 1 heterocycles. The van der Waals surface area contributed by atoms with Gasteiger partial charge in [-0.2, -0.15) is 0 Å². The summed E-state index contributed by atoms with van der Waals surface area (Å²) in [6.45, 7) is 7.58. The van der Waals surface area contributed by atoms with E-state index in [1.165, 1.54) is 0 Å². The van der Waals surface area contributed by atoms with Crippen LogP contribution in [-0.4, -0.2) is 22.2 Å². The van der Waals surface area contributed by atoms with E-state index in [0.717, 1.165) is 5.69 Å². The van der Waals surface area contributed by atoms with Gasteiger partial charge in [0.2, 0.25) is 5.88 Å². The van der Waals surface area contributed by atoms with Crippen LogP contribution in [0.4, 0.5) is 0 Å². The third kappa shape index (κ3) is 4.06. The van der Waals surface area contributed by atoms with Crippen LogP contribution in [0.1, 0.15) is 39.8 Å². The van der Waals surface area contributed by atoms with Crippen LogP contribution >= 0.6 is 0 Å². The molecule has 4 heteroatoms. The largest absolute Gasteiger partial charge is 0.481 e. The second-order valence-corrected chi connectivity index (χ2v) is 4.98. The van der Waals surface area contributed by atoms with Crippen LogP contribution in [0.2, 0.25) is 0 Å². The Morgan fingerprint density at radius 1 is 1.47 bits per heavy atom. The van der Waals surface area contributed by atoms with Gasteiger partial charge in [-0.3, -0.25) is 4.79 Å². The van der Waals surface area contributed by atoms with E-state index in [1.807, 2.05) is 39.8 Å². The fourth-order valence-electron chi connectivity index (χ4n) is 1.57. The minimum Gasteiger partial charge on any atom is -0.481 e. The normalized spacial score (nSPS) is 11.6.